The van der Waals surface area contributed by atoms with E-state index in [0.717, 1.165) is 70.6 Å². The lowest BCUT2D eigenvalue weighted by Crippen LogP contribution is -2.64. The van der Waals surface area contributed by atoms with Crippen LogP contribution >= 0.6 is 12.4 Å². The molecule has 2 heterocycles. The highest BCUT2D eigenvalue weighted by atomic mass is 35.5. The van der Waals surface area contributed by atoms with E-state index in [1.54, 1.807) is 0 Å². The van der Waals surface area contributed by atoms with Gasteiger partial charge < -0.3 is 5.73 Å². The van der Waals surface area contributed by atoms with Crippen molar-refractivity contribution in [2.45, 2.75) is 124 Å². The van der Waals surface area contributed by atoms with Gasteiger partial charge in [0, 0.05) is 11.1 Å². The second kappa shape index (κ2) is 10.7. The van der Waals surface area contributed by atoms with Crippen LogP contribution in [0.25, 0.3) is 0 Å². The second-order valence-corrected chi connectivity index (χ2v) is 17.9. The first-order chi connectivity index (χ1) is 14.7. The molecule has 4 fully saturated rings. The van der Waals surface area contributed by atoms with Gasteiger partial charge in [0.1, 0.15) is 0 Å². The van der Waals surface area contributed by atoms with E-state index in [9.17, 15) is 21.0 Å². The van der Waals surface area contributed by atoms with E-state index in [1.165, 1.54) is 6.42 Å². The Labute approximate surface area is 209 Å². The van der Waals surface area contributed by atoms with Crippen LogP contribution in [-0.2, 0) is 30.7 Å². The fraction of sp³-hybridized carbons (Fsp3) is 1.00. The van der Waals surface area contributed by atoms with Gasteiger partial charge in [0.25, 0.3) is 0 Å². The standard InChI is InChI=1S/C13H25NO3S2.C9H17NO2S.ClH/c1-12(2,3)18(15)14-13(8-5-4-6-9-13)11-7-10-19(11,16)17;10-9(5-2-1-3-6-9)8-4-7-13(8,11)12;/h11,14H,4-10H2,1-3H3;8H,1-7,10H2;1H/t11-,18-;8-;/m00./s1. The molecule has 0 radical (unpaired) electrons. The Balaban J connectivity index is 0.000000241. The molecule has 2 saturated carbocycles. The summed E-state index contributed by atoms with van der Waals surface area (Å²) in [4.78, 5) is 0. The van der Waals surface area contributed by atoms with E-state index >= 15 is 0 Å². The zero-order chi connectivity index (χ0) is 23.8. The number of nitrogens with one attached hydrogen (secondary N) is 1. The summed E-state index contributed by atoms with van der Waals surface area (Å²) in [6.07, 6.45) is 11.6. The van der Waals surface area contributed by atoms with Gasteiger partial charge in [-0.2, -0.15) is 0 Å². The molecule has 0 bridgehead atoms. The van der Waals surface area contributed by atoms with Crippen LogP contribution in [-0.4, -0.2) is 58.9 Å². The number of halogens is 1. The zero-order valence-electron chi connectivity index (χ0n) is 20.3. The Kier molecular flexibility index (Phi) is 9.57. The highest BCUT2D eigenvalue weighted by molar-refractivity contribution is 7.93. The first-order valence-corrected chi connectivity index (χ1v) is 16.7. The summed E-state index contributed by atoms with van der Waals surface area (Å²) in [5, 5.41) is -0.549. The number of sulfone groups is 2. The van der Waals surface area contributed by atoms with Crippen LogP contribution in [0.15, 0.2) is 0 Å². The summed E-state index contributed by atoms with van der Waals surface area (Å²) >= 11 is 0. The molecule has 0 amide bonds. The molecular formula is C22H43ClN2O5S3. The molecule has 0 aromatic carbocycles. The maximum Gasteiger partial charge on any atom is 0.155 e. The predicted molar refractivity (Wildman–Crippen MR) is 138 cm³/mol. The number of rotatable bonds is 4. The van der Waals surface area contributed by atoms with Gasteiger partial charge in [0.2, 0.25) is 0 Å². The third-order valence-corrected chi connectivity index (χ3v) is 14.3. The summed E-state index contributed by atoms with van der Waals surface area (Å²) in [5.74, 6) is 0.653. The van der Waals surface area contributed by atoms with Crippen LogP contribution in [0.1, 0.15) is 97.8 Å². The van der Waals surface area contributed by atoms with Crippen molar-refractivity contribution in [2.75, 3.05) is 11.5 Å². The van der Waals surface area contributed by atoms with Gasteiger partial charge in [-0.25, -0.2) is 25.8 Å². The fourth-order valence-electron chi connectivity index (χ4n) is 5.66. The lowest BCUT2D eigenvalue weighted by Gasteiger charge is -2.47. The molecule has 0 spiro atoms. The molecule has 0 aromatic heterocycles. The van der Waals surface area contributed by atoms with Crippen molar-refractivity contribution in [3.05, 3.63) is 0 Å². The lowest BCUT2D eigenvalue weighted by atomic mass is 9.79. The minimum Gasteiger partial charge on any atom is -0.324 e. The largest absolute Gasteiger partial charge is 0.324 e. The normalized spacial score (nSPS) is 32.5. The lowest BCUT2D eigenvalue weighted by molar-refractivity contribution is 0.245. The van der Waals surface area contributed by atoms with Crippen molar-refractivity contribution in [1.82, 2.24) is 4.72 Å². The zero-order valence-corrected chi connectivity index (χ0v) is 23.6. The highest BCUT2D eigenvalue weighted by Crippen LogP contribution is 2.41. The van der Waals surface area contributed by atoms with E-state index < -0.39 is 36.2 Å². The van der Waals surface area contributed by atoms with Crippen molar-refractivity contribution in [1.29, 1.82) is 0 Å². The van der Waals surface area contributed by atoms with Crippen molar-refractivity contribution < 1.29 is 21.0 Å². The molecule has 33 heavy (non-hydrogen) atoms. The monoisotopic (exact) mass is 546 g/mol. The SMILES string of the molecule is CC(C)(C)[S@](=O)NC1([C@@H]2CCS2(=O)=O)CCCCC1.Cl.NC1([C@@H]2CCS2(=O)=O)CCCCC1. The Morgan fingerprint density at radius 2 is 1.21 bits per heavy atom. The van der Waals surface area contributed by atoms with E-state index in [4.69, 9.17) is 5.73 Å². The maximum atomic E-state index is 12.4. The van der Waals surface area contributed by atoms with Gasteiger partial charge in [-0.15, -0.1) is 12.4 Å². The highest BCUT2D eigenvalue weighted by Gasteiger charge is 2.53. The first kappa shape index (κ1) is 29.5. The van der Waals surface area contributed by atoms with E-state index in [2.05, 4.69) is 4.72 Å². The summed E-state index contributed by atoms with van der Waals surface area (Å²) in [6, 6.07) is 0. The van der Waals surface area contributed by atoms with Crippen LogP contribution in [0.5, 0.6) is 0 Å². The summed E-state index contributed by atoms with van der Waals surface area (Å²) < 4.78 is 62.2. The van der Waals surface area contributed by atoms with E-state index in [-0.39, 0.29) is 33.2 Å². The second-order valence-electron chi connectivity index (χ2n) is 11.3. The minimum absolute atomic E-state index is 0. The van der Waals surface area contributed by atoms with Gasteiger partial charge in [0.05, 0.1) is 37.7 Å². The molecule has 2 aliphatic heterocycles. The number of nitrogens with two attached hydrogens (primary N) is 1. The topological polar surface area (TPSA) is 123 Å². The average molecular weight is 547 g/mol. The Morgan fingerprint density at radius 3 is 1.55 bits per heavy atom. The molecule has 0 unspecified atom stereocenters. The van der Waals surface area contributed by atoms with Crippen LogP contribution in [0, 0.1) is 0 Å². The van der Waals surface area contributed by atoms with Crippen molar-refractivity contribution in [3.8, 4) is 0 Å². The Bertz CT molecular complexity index is 903. The van der Waals surface area contributed by atoms with Gasteiger partial charge in [-0.1, -0.05) is 38.5 Å². The molecule has 3 atom stereocenters. The predicted octanol–water partition coefficient (Wildman–Crippen LogP) is 3.19. The smallest absolute Gasteiger partial charge is 0.155 e. The Hall–Kier alpha value is 0.260. The van der Waals surface area contributed by atoms with E-state index in [0.29, 0.717) is 11.5 Å². The van der Waals surface area contributed by atoms with Crippen molar-refractivity contribution in [3.63, 3.8) is 0 Å². The fourth-order valence-corrected chi connectivity index (χ4v) is 10.4. The molecule has 4 aliphatic rings. The number of hydrogen-bond acceptors (Lipinski definition) is 6. The molecule has 196 valence electrons. The van der Waals surface area contributed by atoms with Gasteiger partial charge in [-0.05, 0) is 59.3 Å². The molecule has 0 aromatic rings. The molecule has 11 heteroatoms. The molecule has 4 rings (SSSR count). The third-order valence-electron chi connectivity index (χ3n) is 7.84. The van der Waals surface area contributed by atoms with Crippen LogP contribution < -0.4 is 10.5 Å². The maximum absolute atomic E-state index is 12.4. The van der Waals surface area contributed by atoms with Crippen LogP contribution in [0.4, 0.5) is 0 Å². The quantitative estimate of drug-likeness (QED) is 0.558. The van der Waals surface area contributed by atoms with E-state index in [1.807, 2.05) is 20.8 Å². The third kappa shape index (κ3) is 6.53. The first-order valence-electron chi connectivity index (χ1n) is 12.1. The summed E-state index contributed by atoms with van der Waals surface area (Å²) in [5.41, 5.74) is 5.33. The van der Waals surface area contributed by atoms with Gasteiger partial charge >= 0.3 is 0 Å². The molecule has 7 nitrogen and oxygen atoms in total. The van der Waals surface area contributed by atoms with Gasteiger partial charge in [0.15, 0.2) is 19.7 Å². The Morgan fingerprint density at radius 1 is 0.788 bits per heavy atom. The van der Waals surface area contributed by atoms with Crippen molar-refractivity contribution in [2.24, 2.45) is 5.73 Å². The molecular weight excluding hydrogens is 504 g/mol. The molecule has 2 aliphatic carbocycles. The van der Waals surface area contributed by atoms with Crippen LogP contribution in [0.3, 0.4) is 0 Å². The minimum atomic E-state index is -2.97. The summed E-state index contributed by atoms with van der Waals surface area (Å²) in [6.45, 7) is 5.76. The van der Waals surface area contributed by atoms with Crippen molar-refractivity contribution >= 4 is 43.1 Å². The van der Waals surface area contributed by atoms with Gasteiger partial charge in [-0.3, -0.25) is 0 Å². The average Bonchev–Trinajstić information content (AvgIpc) is 2.67. The molecule has 2 saturated heterocycles. The van der Waals surface area contributed by atoms with Crippen LogP contribution in [0.2, 0.25) is 0 Å². The molecule has 3 N–H and O–H groups in total. The number of hydrogen-bond donors (Lipinski definition) is 2. The summed E-state index contributed by atoms with van der Waals surface area (Å²) in [7, 11) is -6.98.